The predicted molar refractivity (Wildman–Crippen MR) is 70.6 cm³/mol. The van der Waals surface area contributed by atoms with Gasteiger partial charge in [-0.1, -0.05) is 15.9 Å². The van der Waals surface area contributed by atoms with Crippen LogP contribution in [0.25, 0.3) is 16.7 Å². The molecule has 18 heavy (non-hydrogen) atoms. The number of rotatable bonds is 1. The maximum Gasteiger partial charge on any atom is 0.168 e. The Morgan fingerprint density at radius 1 is 1.22 bits per heavy atom. The summed E-state index contributed by atoms with van der Waals surface area (Å²) in [5, 5.41) is 12.7. The summed E-state index contributed by atoms with van der Waals surface area (Å²) < 4.78 is 3.84. The average molecular weight is 305 g/mol. The van der Waals surface area contributed by atoms with Crippen LogP contribution in [-0.2, 0) is 0 Å². The van der Waals surface area contributed by atoms with E-state index in [2.05, 4.69) is 26.0 Å². The highest BCUT2D eigenvalue weighted by Crippen LogP contribution is 2.16. The normalized spacial score (nSPS) is 10.9. The average Bonchev–Trinajstić information content (AvgIpc) is 2.79. The zero-order chi connectivity index (χ0) is 12.7. The van der Waals surface area contributed by atoms with Crippen LogP contribution in [0.1, 0.15) is 0 Å². The lowest BCUT2D eigenvalue weighted by atomic mass is 10.3. The molecular formula is C11H9BrN6. The number of nitrogens with one attached hydrogen (secondary N) is 1. The first-order valence-electron chi connectivity index (χ1n) is 5.18. The molecule has 0 radical (unpaired) electrons. The molecule has 0 saturated carbocycles. The van der Waals surface area contributed by atoms with Gasteiger partial charge in [-0.25, -0.2) is 14.3 Å². The molecule has 7 heteroatoms. The van der Waals surface area contributed by atoms with Gasteiger partial charge in [0.25, 0.3) is 0 Å². The molecule has 1 aromatic carbocycles. The first-order chi connectivity index (χ1) is 8.66. The molecule has 0 bridgehead atoms. The molecule has 3 aromatic rings. The number of nitrogens with two attached hydrogens (primary N) is 1. The lowest BCUT2D eigenvalue weighted by molar-refractivity contribution is 0.851. The van der Waals surface area contributed by atoms with Crippen molar-refractivity contribution in [3.8, 4) is 5.69 Å². The summed E-state index contributed by atoms with van der Waals surface area (Å²) in [6.07, 6.45) is 3.00. The molecule has 0 atom stereocenters. The molecule has 3 N–H and O–H groups in total. The van der Waals surface area contributed by atoms with Crippen molar-refractivity contribution in [1.82, 2.24) is 19.4 Å². The number of fused-ring (bicyclic) bond motifs is 1. The molecule has 0 aliphatic heterocycles. The Bertz CT molecular complexity index is 770. The van der Waals surface area contributed by atoms with Crippen molar-refractivity contribution in [1.29, 1.82) is 5.41 Å². The third kappa shape index (κ3) is 1.60. The van der Waals surface area contributed by atoms with Gasteiger partial charge in [-0.2, -0.15) is 5.10 Å². The highest BCUT2D eigenvalue weighted by molar-refractivity contribution is 9.10. The van der Waals surface area contributed by atoms with Gasteiger partial charge in [0.2, 0.25) is 0 Å². The smallest absolute Gasteiger partial charge is 0.168 e. The Morgan fingerprint density at radius 3 is 2.67 bits per heavy atom. The SMILES string of the molecule is N=c1c2cnn(-c3ccc(Br)cc3)c2ncn1N. The van der Waals surface area contributed by atoms with Gasteiger partial charge in [0.05, 0.1) is 17.3 Å². The van der Waals surface area contributed by atoms with Gasteiger partial charge in [-0.05, 0) is 24.3 Å². The van der Waals surface area contributed by atoms with Gasteiger partial charge in [0.15, 0.2) is 11.1 Å². The molecule has 0 unspecified atom stereocenters. The fourth-order valence-electron chi connectivity index (χ4n) is 1.72. The summed E-state index contributed by atoms with van der Waals surface area (Å²) in [7, 11) is 0. The molecule has 0 fully saturated rings. The fourth-order valence-corrected chi connectivity index (χ4v) is 1.98. The molecule has 0 aliphatic rings. The van der Waals surface area contributed by atoms with Crippen molar-refractivity contribution in [3.63, 3.8) is 0 Å². The molecule has 2 heterocycles. The van der Waals surface area contributed by atoms with Crippen molar-refractivity contribution >= 4 is 27.0 Å². The van der Waals surface area contributed by atoms with Crippen LogP contribution in [0, 0.1) is 5.41 Å². The molecule has 2 aromatic heterocycles. The number of benzene rings is 1. The number of aromatic nitrogens is 4. The zero-order valence-corrected chi connectivity index (χ0v) is 10.8. The van der Waals surface area contributed by atoms with E-state index in [1.54, 1.807) is 10.9 Å². The number of nitrogens with zero attached hydrogens (tertiary/aromatic N) is 4. The Balaban J connectivity index is 2.28. The van der Waals surface area contributed by atoms with E-state index in [9.17, 15) is 0 Å². The van der Waals surface area contributed by atoms with Gasteiger partial charge in [0, 0.05) is 4.47 Å². The third-order valence-corrected chi connectivity index (χ3v) is 3.16. The maximum absolute atomic E-state index is 7.84. The minimum atomic E-state index is 0.184. The van der Waals surface area contributed by atoms with E-state index < -0.39 is 0 Å². The lowest BCUT2D eigenvalue weighted by Crippen LogP contribution is -2.27. The van der Waals surface area contributed by atoms with Gasteiger partial charge in [-0.15, -0.1) is 0 Å². The third-order valence-electron chi connectivity index (χ3n) is 2.63. The van der Waals surface area contributed by atoms with Crippen molar-refractivity contribution in [2.24, 2.45) is 0 Å². The number of nitrogen functional groups attached to an aromatic ring is 1. The molecule has 90 valence electrons. The lowest BCUT2D eigenvalue weighted by Gasteiger charge is -2.03. The van der Waals surface area contributed by atoms with E-state index in [0.717, 1.165) is 14.8 Å². The largest absolute Gasteiger partial charge is 0.336 e. The summed E-state index contributed by atoms with van der Waals surface area (Å²) in [5.74, 6) is 5.58. The molecule has 0 spiro atoms. The van der Waals surface area contributed by atoms with E-state index in [1.165, 1.54) is 6.33 Å². The minimum Gasteiger partial charge on any atom is -0.336 e. The van der Waals surface area contributed by atoms with Crippen LogP contribution in [0.5, 0.6) is 0 Å². The van der Waals surface area contributed by atoms with E-state index in [1.807, 2.05) is 24.3 Å². The van der Waals surface area contributed by atoms with Crippen LogP contribution in [0.4, 0.5) is 0 Å². The van der Waals surface area contributed by atoms with E-state index in [-0.39, 0.29) is 5.49 Å². The molecule has 0 aliphatic carbocycles. The van der Waals surface area contributed by atoms with Crippen LogP contribution in [0.2, 0.25) is 0 Å². The van der Waals surface area contributed by atoms with Crippen LogP contribution >= 0.6 is 15.9 Å². The Kier molecular flexibility index (Phi) is 2.41. The molecule has 0 saturated heterocycles. The van der Waals surface area contributed by atoms with E-state index >= 15 is 0 Å². The highest BCUT2D eigenvalue weighted by atomic mass is 79.9. The molecule has 3 rings (SSSR count). The van der Waals surface area contributed by atoms with Crippen LogP contribution in [0.3, 0.4) is 0 Å². The van der Waals surface area contributed by atoms with Crippen LogP contribution in [-0.4, -0.2) is 19.4 Å². The predicted octanol–water partition coefficient (Wildman–Crippen LogP) is 1.18. The maximum atomic E-state index is 7.84. The molecule has 6 nitrogen and oxygen atoms in total. The van der Waals surface area contributed by atoms with Gasteiger partial charge < -0.3 is 5.84 Å². The van der Waals surface area contributed by atoms with E-state index in [0.29, 0.717) is 11.0 Å². The van der Waals surface area contributed by atoms with Crippen LogP contribution in [0.15, 0.2) is 41.3 Å². The highest BCUT2D eigenvalue weighted by Gasteiger charge is 2.08. The van der Waals surface area contributed by atoms with Crippen LogP contribution < -0.4 is 11.3 Å². The quantitative estimate of drug-likeness (QED) is 0.662. The Labute approximate surface area is 110 Å². The standard InChI is InChI=1S/C11H9BrN6/c12-7-1-3-8(4-2-7)18-11-9(5-16-18)10(13)17(14)6-15-11/h1-6,13H,14H2. The second-order valence-corrected chi connectivity index (χ2v) is 4.69. The topological polar surface area (TPSA) is 85.5 Å². The number of hydrogen-bond acceptors (Lipinski definition) is 4. The summed E-state index contributed by atoms with van der Waals surface area (Å²) >= 11 is 3.38. The van der Waals surface area contributed by atoms with Crippen molar-refractivity contribution in [2.45, 2.75) is 0 Å². The van der Waals surface area contributed by atoms with E-state index in [4.69, 9.17) is 11.3 Å². The van der Waals surface area contributed by atoms with Gasteiger partial charge >= 0.3 is 0 Å². The first kappa shape index (κ1) is 11.0. The summed E-state index contributed by atoms with van der Waals surface area (Å²) in [6.45, 7) is 0. The van der Waals surface area contributed by atoms with Crippen molar-refractivity contribution < 1.29 is 0 Å². The Morgan fingerprint density at radius 2 is 1.94 bits per heavy atom. The fraction of sp³-hybridized carbons (Fsp3) is 0. The molecular weight excluding hydrogens is 296 g/mol. The first-order valence-corrected chi connectivity index (χ1v) is 5.97. The zero-order valence-electron chi connectivity index (χ0n) is 9.21. The summed E-state index contributed by atoms with van der Waals surface area (Å²) in [4.78, 5) is 4.21. The summed E-state index contributed by atoms with van der Waals surface area (Å²) in [5.41, 5.74) is 1.68. The Hall–Kier alpha value is -2.15. The number of halogens is 1. The summed E-state index contributed by atoms with van der Waals surface area (Å²) in [6, 6.07) is 7.70. The molecule has 0 amide bonds. The monoisotopic (exact) mass is 304 g/mol. The second-order valence-electron chi connectivity index (χ2n) is 3.77. The number of hydrogen-bond donors (Lipinski definition) is 2. The minimum absolute atomic E-state index is 0.184. The van der Waals surface area contributed by atoms with Gasteiger partial charge in [0.1, 0.15) is 6.33 Å². The second kappa shape index (κ2) is 3.95. The van der Waals surface area contributed by atoms with Crippen molar-refractivity contribution in [3.05, 3.63) is 46.8 Å². The van der Waals surface area contributed by atoms with Gasteiger partial charge in [-0.3, -0.25) is 5.41 Å². The van der Waals surface area contributed by atoms with Crippen molar-refractivity contribution in [2.75, 3.05) is 5.84 Å².